The highest BCUT2D eigenvalue weighted by Crippen LogP contribution is 2.16. The molecular weight excluding hydrogens is 204 g/mol. The summed E-state index contributed by atoms with van der Waals surface area (Å²) in [5.74, 6) is 0.0622. The fraction of sp³-hybridized carbons (Fsp3) is 0.917. The molecule has 1 aliphatic heterocycles. The molecule has 1 fully saturated rings. The standard InChI is InChI=1S/C12H24N2O2/c1-4-12(2,3)13-11(16)8-14-7-5-6-10(14)9-15/h10,15H,4-9H2,1-3H3,(H,13,16). The topological polar surface area (TPSA) is 52.6 Å². The summed E-state index contributed by atoms with van der Waals surface area (Å²) in [4.78, 5) is 13.9. The van der Waals surface area contributed by atoms with Gasteiger partial charge in [0.15, 0.2) is 0 Å². The molecule has 1 heterocycles. The van der Waals surface area contributed by atoms with Gasteiger partial charge in [-0.3, -0.25) is 9.69 Å². The minimum atomic E-state index is -0.133. The number of carbonyl (C=O) groups excluding carboxylic acids is 1. The third-order valence-electron chi connectivity index (χ3n) is 3.42. The van der Waals surface area contributed by atoms with E-state index >= 15 is 0 Å². The number of nitrogens with zero attached hydrogens (tertiary/aromatic N) is 1. The number of carbonyl (C=O) groups is 1. The maximum Gasteiger partial charge on any atom is 0.234 e. The van der Waals surface area contributed by atoms with Crippen LogP contribution in [0.5, 0.6) is 0 Å². The summed E-state index contributed by atoms with van der Waals surface area (Å²) < 4.78 is 0. The minimum Gasteiger partial charge on any atom is -0.395 e. The summed E-state index contributed by atoms with van der Waals surface area (Å²) in [7, 11) is 0. The second kappa shape index (κ2) is 5.64. The number of nitrogens with one attached hydrogen (secondary N) is 1. The van der Waals surface area contributed by atoms with Crippen molar-refractivity contribution in [1.29, 1.82) is 0 Å². The predicted octanol–water partition coefficient (Wildman–Crippen LogP) is 0.748. The highest BCUT2D eigenvalue weighted by molar-refractivity contribution is 5.78. The van der Waals surface area contributed by atoms with E-state index in [0.717, 1.165) is 25.8 Å². The molecule has 1 rings (SSSR count). The number of hydrogen-bond donors (Lipinski definition) is 2. The summed E-state index contributed by atoms with van der Waals surface area (Å²) >= 11 is 0. The van der Waals surface area contributed by atoms with Gasteiger partial charge in [-0.1, -0.05) is 6.92 Å². The van der Waals surface area contributed by atoms with Gasteiger partial charge < -0.3 is 10.4 Å². The van der Waals surface area contributed by atoms with Gasteiger partial charge in [-0.05, 0) is 39.7 Å². The van der Waals surface area contributed by atoms with E-state index in [-0.39, 0.29) is 24.1 Å². The van der Waals surface area contributed by atoms with E-state index < -0.39 is 0 Å². The molecule has 94 valence electrons. The van der Waals surface area contributed by atoms with Crippen LogP contribution in [0.4, 0.5) is 0 Å². The van der Waals surface area contributed by atoms with Gasteiger partial charge in [0.2, 0.25) is 5.91 Å². The van der Waals surface area contributed by atoms with E-state index in [9.17, 15) is 4.79 Å². The van der Waals surface area contributed by atoms with Gasteiger partial charge in [0.1, 0.15) is 0 Å². The maximum absolute atomic E-state index is 11.8. The molecule has 4 nitrogen and oxygen atoms in total. The summed E-state index contributed by atoms with van der Waals surface area (Å²) in [5.41, 5.74) is -0.133. The Hall–Kier alpha value is -0.610. The van der Waals surface area contributed by atoms with Crippen molar-refractivity contribution in [2.24, 2.45) is 0 Å². The molecule has 1 atom stereocenters. The van der Waals surface area contributed by atoms with Crippen molar-refractivity contribution in [1.82, 2.24) is 10.2 Å². The summed E-state index contributed by atoms with van der Waals surface area (Å²) in [6.07, 6.45) is 3.00. The normalized spacial score (nSPS) is 22.4. The maximum atomic E-state index is 11.8. The third-order valence-corrected chi connectivity index (χ3v) is 3.42. The first-order valence-corrected chi connectivity index (χ1v) is 6.14. The van der Waals surface area contributed by atoms with Crippen LogP contribution >= 0.6 is 0 Å². The summed E-state index contributed by atoms with van der Waals surface area (Å²) in [6.45, 7) is 7.60. The molecule has 2 N–H and O–H groups in total. The lowest BCUT2D eigenvalue weighted by molar-refractivity contribution is -0.124. The average molecular weight is 228 g/mol. The molecule has 4 heteroatoms. The molecule has 1 saturated heterocycles. The summed E-state index contributed by atoms with van der Waals surface area (Å²) in [5, 5.41) is 12.2. The lowest BCUT2D eigenvalue weighted by atomic mass is 10.0. The Labute approximate surface area is 98.0 Å². The van der Waals surface area contributed by atoms with Crippen molar-refractivity contribution in [2.75, 3.05) is 19.7 Å². The van der Waals surface area contributed by atoms with E-state index in [2.05, 4.69) is 17.1 Å². The van der Waals surface area contributed by atoms with Crippen LogP contribution in [0.2, 0.25) is 0 Å². The molecule has 0 saturated carbocycles. The van der Waals surface area contributed by atoms with Gasteiger partial charge in [-0.15, -0.1) is 0 Å². The largest absolute Gasteiger partial charge is 0.395 e. The van der Waals surface area contributed by atoms with E-state index in [1.807, 2.05) is 13.8 Å². The molecular formula is C12H24N2O2. The molecule has 0 radical (unpaired) electrons. The van der Waals surface area contributed by atoms with Crippen LogP contribution < -0.4 is 5.32 Å². The Kier molecular flexibility index (Phi) is 4.74. The fourth-order valence-corrected chi connectivity index (χ4v) is 2.00. The second-order valence-electron chi connectivity index (χ2n) is 5.23. The second-order valence-corrected chi connectivity index (χ2v) is 5.23. The van der Waals surface area contributed by atoms with E-state index in [4.69, 9.17) is 5.11 Å². The van der Waals surface area contributed by atoms with E-state index in [1.54, 1.807) is 0 Å². The predicted molar refractivity (Wildman–Crippen MR) is 64.2 cm³/mol. The first kappa shape index (κ1) is 13.5. The van der Waals surface area contributed by atoms with E-state index in [0.29, 0.717) is 6.54 Å². The third kappa shape index (κ3) is 3.76. The van der Waals surface area contributed by atoms with Gasteiger partial charge in [0.25, 0.3) is 0 Å². The van der Waals surface area contributed by atoms with Crippen LogP contribution in [-0.2, 0) is 4.79 Å². The van der Waals surface area contributed by atoms with E-state index in [1.165, 1.54) is 0 Å². The smallest absolute Gasteiger partial charge is 0.234 e. The van der Waals surface area contributed by atoms with Crippen molar-refractivity contribution >= 4 is 5.91 Å². The number of likely N-dealkylation sites (tertiary alicyclic amines) is 1. The highest BCUT2D eigenvalue weighted by Gasteiger charge is 2.27. The van der Waals surface area contributed by atoms with Crippen LogP contribution in [0.15, 0.2) is 0 Å². The van der Waals surface area contributed by atoms with Crippen molar-refractivity contribution in [3.63, 3.8) is 0 Å². The molecule has 0 aromatic carbocycles. The molecule has 1 amide bonds. The number of rotatable bonds is 5. The van der Waals surface area contributed by atoms with Crippen LogP contribution in [-0.4, -0.2) is 47.2 Å². The summed E-state index contributed by atoms with van der Waals surface area (Å²) in [6, 6.07) is 0.176. The minimum absolute atomic E-state index is 0.0622. The lowest BCUT2D eigenvalue weighted by Crippen LogP contribution is -2.48. The monoisotopic (exact) mass is 228 g/mol. The van der Waals surface area contributed by atoms with Crippen LogP contribution in [0, 0.1) is 0 Å². The zero-order chi connectivity index (χ0) is 12.2. The molecule has 16 heavy (non-hydrogen) atoms. The Morgan fingerprint density at radius 1 is 1.56 bits per heavy atom. The SMILES string of the molecule is CCC(C)(C)NC(=O)CN1CCCC1CO. The van der Waals surface area contributed by atoms with Crippen molar-refractivity contribution in [3.8, 4) is 0 Å². The fourth-order valence-electron chi connectivity index (χ4n) is 2.00. The molecule has 1 aliphatic rings. The molecule has 0 bridgehead atoms. The molecule has 0 spiro atoms. The van der Waals surface area contributed by atoms with Crippen molar-refractivity contribution < 1.29 is 9.90 Å². The quantitative estimate of drug-likeness (QED) is 0.730. The Bertz CT molecular complexity index is 241. The average Bonchev–Trinajstić information content (AvgIpc) is 2.64. The Morgan fingerprint density at radius 2 is 2.25 bits per heavy atom. The Balaban J connectivity index is 2.39. The number of hydrogen-bond acceptors (Lipinski definition) is 3. The van der Waals surface area contributed by atoms with Crippen LogP contribution in [0.3, 0.4) is 0 Å². The zero-order valence-corrected chi connectivity index (χ0v) is 10.6. The molecule has 0 aromatic heterocycles. The van der Waals surface area contributed by atoms with Crippen molar-refractivity contribution in [3.05, 3.63) is 0 Å². The lowest BCUT2D eigenvalue weighted by Gasteiger charge is -2.27. The van der Waals surface area contributed by atoms with Gasteiger partial charge in [-0.2, -0.15) is 0 Å². The Morgan fingerprint density at radius 3 is 2.81 bits per heavy atom. The van der Waals surface area contributed by atoms with Gasteiger partial charge >= 0.3 is 0 Å². The zero-order valence-electron chi connectivity index (χ0n) is 10.6. The van der Waals surface area contributed by atoms with Crippen LogP contribution in [0.1, 0.15) is 40.0 Å². The van der Waals surface area contributed by atoms with Gasteiger partial charge in [0, 0.05) is 11.6 Å². The first-order valence-electron chi connectivity index (χ1n) is 6.14. The van der Waals surface area contributed by atoms with Crippen molar-refractivity contribution in [2.45, 2.75) is 51.6 Å². The molecule has 0 aliphatic carbocycles. The molecule has 0 aromatic rings. The van der Waals surface area contributed by atoms with Gasteiger partial charge in [-0.25, -0.2) is 0 Å². The molecule has 1 unspecified atom stereocenters. The van der Waals surface area contributed by atoms with Crippen LogP contribution in [0.25, 0.3) is 0 Å². The number of aliphatic hydroxyl groups excluding tert-OH is 1. The van der Waals surface area contributed by atoms with Gasteiger partial charge in [0.05, 0.1) is 13.2 Å². The first-order chi connectivity index (χ1) is 7.48. The number of aliphatic hydroxyl groups is 1. The number of amides is 1. The highest BCUT2D eigenvalue weighted by atomic mass is 16.3.